The number of likely N-dealkylation sites (tertiary alicyclic amines) is 1. The van der Waals surface area contributed by atoms with Crippen LogP contribution in [-0.4, -0.2) is 35.5 Å². The maximum Gasteiger partial charge on any atom is 0.335 e. The van der Waals surface area contributed by atoms with Gasteiger partial charge in [-0.2, -0.15) is 0 Å². The van der Waals surface area contributed by atoms with Crippen LogP contribution in [0.15, 0.2) is 18.2 Å². The number of amides is 1. The average Bonchev–Trinajstić information content (AvgIpc) is 2.67. The second-order valence-electron chi connectivity index (χ2n) is 5.72. The van der Waals surface area contributed by atoms with E-state index in [-0.39, 0.29) is 11.3 Å². The molecule has 1 fully saturated rings. The van der Waals surface area contributed by atoms with Crippen molar-refractivity contribution in [1.29, 1.82) is 0 Å². The largest absolute Gasteiger partial charge is 0.478 e. The molecule has 1 aliphatic carbocycles. The highest BCUT2D eigenvalue weighted by Crippen LogP contribution is 2.43. The molecule has 0 aromatic heterocycles. The first-order valence-electron chi connectivity index (χ1n) is 6.62. The predicted molar refractivity (Wildman–Crippen MR) is 70.1 cm³/mol. The first-order valence-corrected chi connectivity index (χ1v) is 6.62. The third-order valence-electron chi connectivity index (χ3n) is 4.58. The van der Waals surface area contributed by atoms with E-state index >= 15 is 0 Å². The number of hydrogen-bond acceptors (Lipinski definition) is 2. The highest BCUT2D eigenvalue weighted by molar-refractivity contribution is 5.88. The lowest BCUT2D eigenvalue weighted by Gasteiger charge is -2.32. The summed E-state index contributed by atoms with van der Waals surface area (Å²) in [4.78, 5) is 25.1. The average molecular weight is 259 g/mol. The molecule has 1 aromatic rings. The van der Waals surface area contributed by atoms with Gasteiger partial charge in [0.15, 0.2) is 0 Å². The highest BCUT2D eigenvalue weighted by atomic mass is 16.4. The fourth-order valence-electron chi connectivity index (χ4n) is 3.38. The summed E-state index contributed by atoms with van der Waals surface area (Å²) in [6.45, 7) is 0.835. The van der Waals surface area contributed by atoms with Crippen LogP contribution in [0.3, 0.4) is 0 Å². The maximum atomic E-state index is 12.3. The number of carboxylic acid groups (broad SMARTS) is 1. The Bertz CT molecular complexity index is 567. The minimum atomic E-state index is -0.889. The molecule has 1 atom stereocenters. The zero-order valence-corrected chi connectivity index (χ0v) is 11.0. The molecule has 4 nitrogen and oxygen atoms in total. The van der Waals surface area contributed by atoms with Gasteiger partial charge in [-0.05, 0) is 48.9 Å². The molecular formula is C15H17NO3. The zero-order chi connectivity index (χ0) is 13.6. The standard InChI is InChI=1S/C15H17NO3/c1-16-7-6-15(14(16)19)5-4-10-8-11(13(17)18)2-3-12(10)9-15/h2-3,8H,4-7,9H2,1H3,(H,17,18). The quantitative estimate of drug-likeness (QED) is 0.835. The van der Waals surface area contributed by atoms with Crippen molar-refractivity contribution in [2.24, 2.45) is 5.41 Å². The number of aryl methyl sites for hydroxylation is 1. The second kappa shape index (κ2) is 4.08. The number of hydrogen-bond donors (Lipinski definition) is 1. The smallest absolute Gasteiger partial charge is 0.335 e. The van der Waals surface area contributed by atoms with Crippen molar-refractivity contribution in [3.8, 4) is 0 Å². The number of carboxylic acids is 1. The maximum absolute atomic E-state index is 12.3. The summed E-state index contributed by atoms with van der Waals surface area (Å²) in [7, 11) is 1.86. The summed E-state index contributed by atoms with van der Waals surface area (Å²) >= 11 is 0. The van der Waals surface area contributed by atoms with Crippen molar-refractivity contribution < 1.29 is 14.7 Å². The lowest BCUT2D eigenvalue weighted by Crippen LogP contribution is -2.37. The summed E-state index contributed by atoms with van der Waals surface area (Å²) in [5, 5.41) is 9.01. The van der Waals surface area contributed by atoms with Crippen molar-refractivity contribution in [2.75, 3.05) is 13.6 Å². The van der Waals surface area contributed by atoms with Crippen molar-refractivity contribution in [3.63, 3.8) is 0 Å². The van der Waals surface area contributed by atoms with Gasteiger partial charge in [0.2, 0.25) is 5.91 Å². The predicted octanol–water partition coefficient (Wildman–Crippen LogP) is 1.72. The highest BCUT2D eigenvalue weighted by Gasteiger charge is 2.46. The van der Waals surface area contributed by atoms with Gasteiger partial charge >= 0.3 is 5.97 Å². The van der Waals surface area contributed by atoms with Crippen molar-refractivity contribution in [3.05, 3.63) is 34.9 Å². The Morgan fingerprint density at radius 2 is 2.11 bits per heavy atom. The van der Waals surface area contributed by atoms with Gasteiger partial charge in [0, 0.05) is 13.6 Å². The molecule has 1 saturated heterocycles. The lowest BCUT2D eigenvalue weighted by molar-refractivity contribution is -0.135. The first-order chi connectivity index (χ1) is 9.02. The topological polar surface area (TPSA) is 57.6 Å². The van der Waals surface area contributed by atoms with Crippen LogP contribution in [0.1, 0.15) is 34.3 Å². The Hall–Kier alpha value is -1.84. The van der Waals surface area contributed by atoms with Gasteiger partial charge in [0.25, 0.3) is 0 Å². The molecule has 1 heterocycles. The van der Waals surface area contributed by atoms with E-state index in [0.717, 1.165) is 43.4 Å². The molecule has 3 rings (SSSR count). The van der Waals surface area contributed by atoms with Crippen LogP contribution in [0.5, 0.6) is 0 Å². The van der Waals surface area contributed by atoms with Gasteiger partial charge in [-0.15, -0.1) is 0 Å². The number of carbonyl (C=O) groups excluding carboxylic acids is 1. The SMILES string of the molecule is CN1CCC2(CCc3cc(C(=O)O)ccc3C2)C1=O. The van der Waals surface area contributed by atoms with E-state index in [1.807, 2.05) is 18.0 Å². The van der Waals surface area contributed by atoms with Gasteiger partial charge in [-0.3, -0.25) is 4.79 Å². The molecule has 19 heavy (non-hydrogen) atoms. The zero-order valence-electron chi connectivity index (χ0n) is 11.0. The van der Waals surface area contributed by atoms with Crippen LogP contribution in [0.4, 0.5) is 0 Å². The second-order valence-corrected chi connectivity index (χ2v) is 5.72. The van der Waals surface area contributed by atoms with Crippen LogP contribution in [0.25, 0.3) is 0 Å². The third-order valence-corrected chi connectivity index (χ3v) is 4.58. The summed E-state index contributed by atoms with van der Waals surface area (Å²) in [5.41, 5.74) is 2.34. The van der Waals surface area contributed by atoms with Crippen LogP contribution in [-0.2, 0) is 17.6 Å². The number of rotatable bonds is 1. The lowest BCUT2D eigenvalue weighted by atomic mass is 9.70. The van der Waals surface area contributed by atoms with Gasteiger partial charge in [-0.25, -0.2) is 4.79 Å². The van der Waals surface area contributed by atoms with E-state index in [2.05, 4.69) is 0 Å². The number of carbonyl (C=O) groups is 2. The van der Waals surface area contributed by atoms with E-state index in [4.69, 9.17) is 5.11 Å². The van der Waals surface area contributed by atoms with Crippen LogP contribution < -0.4 is 0 Å². The number of fused-ring (bicyclic) bond motifs is 1. The Labute approximate surface area is 112 Å². The molecule has 0 saturated carbocycles. The summed E-state index contributed by atoms with van der Waals surface area (Å²) in [6.07, 6.45) is 3.32. The molecule has 4 heteroatoms. The summed E-state index contributed by atoms with van der Waals surface area (Å²) in [6, 6.07) is 5.28. The number of benzene rings is 1. The molecule has 1 unspecified atom stereocenters. The third kappa shape index (κ3) is 1.82. The number of aromatic carboxylic acids is 1. The van der Waals surface area contributed by atoms with Crippen LogP contribution in [0, 0.1) is 5.41 Å². The molecule has 0 radical (unpaired) electrons. The van der Waals surface area contributed by atoms with Crippen molar-refractivity contribution >= 4 is 11.9 Å². The van der Waals surface area contributed by atoms with Gasteiger partial charge < -0.3 is 10.0 Å². The van der Waals surface area contributed by atoms with E-state index < -0.39 is 5.97 Å². The van der Waals surface area contributed by atoms with Crippen LogP contribution >= 0.6 is 0 Å². The molecule has 1 amide bonds. The molecule has 0 bridgehead atoms. The van der Waals surface area contributed by atoms with Crippen molar-refractivity contribution in [1.82, 2.24) is 4.90 Å². The fourth-order valence-corrected chi connectivity index (χ4v) is 3.38. The van der Waals surface area contributed by atoms with E-state index in [1.54, 1.807) is 12.1 Å². The monoisotopic (exact) mass is 259 g/mol. The molecule has 1 aromatic carbocycles. The van der Waals surface area contributed by atoms with Gasteiger partial charge in [-0.1, -0.05) is 6.07 Å². The Morgan fingerprint density at radius 1 is 1.32 bits per heavy atom. The minimum absolute atomic E-state index is 0.230. The van der Waals surface area contributed by atoms with Crippen molar-refractivity contribution in [2.45, 2.75) is 25.7 Å². The Balaban J connectivity index is 1.93. The Morgan fingerprint density at radius 3 is 2.74 bits per heavy atom. The molecule has 1 aliphatic heterocycles. The van der Waals surface area contributed by atoms with Gasteiger partial charge in [0.05, 0.1) is 11.0 Å². The van der Waals surface area contributed by atoms with Crippen LogP contribution in [0.2, 0.25) is 0 Å². The normalized spacial score (nSPS) is 25.7. The number of nitrogens with zero attached hydrogens (tertiary/aromatic N) is 1. The van der Waals surface area contributed by atoms with E-state index in [0.29, 0.717) is 5.56 Å². The Kier molecular flexibility index (Phi) is 2.62. The minimum Gasteiger partial charge on any atom is -0.478 e. The molecule has 100 valence electrons. The first kappa shape index (κ1) is 12.2. The molecule has 2 aliphatic rings. The fraction of sp³-hybridized carbons (Fsp3) is 0.467. The summed E-state index contributed by atoms with van der Waals surface area (Å²) < 4.78 is 0. The summed E-state index contributed by atoms with van der Waals surface area (Å²) in [5.74, 6) is -0.639. The molecular weight excluding hydrogens is 242 g/mol. The molecule has 1 N–H and O–H groups in total. The molecule has 1 spiro atoms. The van der Waals surface area contributed by atoms with Gasteiger partial charge in [0.1, 0.15) is 0 Å². The van der Waals surface area contributed by atoms with E-state index in [9.17, 15) is 9.59 Å². The van der Waals surface area contributed by atoms with E-state index in [1.165, 1.54) is 0 Å².